The van der Waals surface area contributed by atoms with Crippen LogP contribution in [0.1, 0.15) is 30.7 Å². The predicted octanol–water partition coefficient (Wildman–Crippen LogP) is 1.82. The molecule has 5 nitrogen and oxygen atoms in total. The molecule has 7 heteroatoms. The molecule has 2 unspecified atom stereocenters. The van der Waals surface area contributed by atoms with Crippen molar-refractivity contribution in [3.63, 3.8) is 0 Å². The maximum absolute atomic E-state index is 13.8. The average Bonchev–Trinajstić information content (AvgIpc) is 3.31. The molecule has 0 bridgehead atoms. The Bertz CT molecular complexity index is 643. The van der Waals surface area contributed by atoms with E-state index in [4.69, 9.17) is 4.74 Å². The summed E-state index contributed by atoms with van der Waals surface area (Å²) in [6.45, 7) is 0.526. The van der Waals surface area contributed by atoms with E-state index in [9.17, 15) is 23.5 Å². The molecule has 1 aliphatic heterocycles. The van der Waals surface area contributed by atoms with Crippen molar-refractivity contribution < 1.29 is 28.2 Å². The van der Waals surface area contributed by atoms with E-state index in [-0.39, 0.29) is 31.6 Å². The molecule has 2 atom stereocenters. The number of carbonyl (C=O) groups excluding carboxylic acids is 1. The Balaban J connectivity index is 1.70. The summed E-state index contributed by atoms with van der Waals surface area (Å²) >= 11 is 0. The topological polar surface area (TPSA) is 75.6 Å². The van der Waals surface area contributed by atoms with Crippen molar-refractivity contribution in [1.29, 1.82) is 0 Å². The van der Waals surface area contributed by atoms with Gasteiger partial charge in [-0.3, -0.25) is 4.79 Å². The third-order valence-electron chi connectivity index (χ3n) is 4.63. The van der Waals surface area contributed by atoms with Crippen molar-refractivity contribution in [3.8, 4) is 0 Å². The Morgan fingerprint density at radius 2 is 1.96 bits per heavy atom. The van der Waals surface area contributed by atoms with Gasteiger partial charge in [0.1, 0.15) is 5.54 Å². The summed E-state index contributed by atoms with van der Waals surface area (Å²) in [4.78, 5) is 23.9. The van der Waals surface area contributed by atoms with Gasteiger partial charge in [-0.05, 0) is 24.0 Å². The lowest BCUT2D eigenvalue weighted by Gasteiger charge is -2.34. The number of carbonyl (C=O) groups is 2. The smallest absolute Gasteiger partial charge is 0.329 e. The lowest BCUT2D eigenvalue weighted by molar-refractivity contribution is -0.152. The van der Waals surface area contributed by atoms with Crippen molar-refractivity contribution in [2.45, 2.75) is 30.7 Å². The van der Waals surface area contributed by atoms with Gasteiger partial charge in [0.15, 0.2) is 11.6 Å². The minimum atomic E-state index is -1.33. The van der Waals surface area contributed by atoms with E-state index in [0.717, 1.165) is 6.07 Å². The van der Waals surface area contributed by atoms with Gasteiger partial charge in [-0.15, -0.1) is 0 Å². The molecule has 0 radical (unpaired) electrons. The molecule has 3 rings (SSSR count). The lowest BCUT2D eigenvalue weighted by Crippen LogP contribution is -2.57. The number of hydrogen-bond donors (Lipinski definition) is 2. The molecule has 1 aromatic rings. The van der Waals surface area contributed by atoms with E-state index < -0.39 is 40.9 Å². The summed E-state index contributed by atoms with van der Waals surface area (Å²) in [7, 11) is 0. The molecule has 1 saturated carbocycles. The summed E-state index contributed by atoms with van der Waals surface area (Å²) in [5, 5.41) is 12.0. The second kappa shape index (κ2) is 5.88. The molecule has 0 spiro atoms. The van der Waals surface area contributed by atoms with E-state index in [2.05, 4.69) is 5.32 Å². The molecule has 2 fully saturated rings. The van der Waals surface area contributed by atoms with Crippen LogP contribution in [0.3, 0.4) is 0 Å². The summed E-state index contributed by atoms with van der Waals surface area (Å²) in [5.74, 6) is -4.33. The first-order valence-corrected chi connectivity index (χ1v) is 7.52. The average molecular weight is 325 g/mol. The van der Waals surface area contributed by atoms with Gasteiger partial charge in [-0.25, -0.2) is 13.6 Å². The number of halogens is 2. The van der Waals surface area contributed by atoms with E-state index in [0.29, 0.717) is 6.42 Å². The van der Waals surface area contributed by atoms with Crippen LogP contribution in [0.25, 0.3) is 0 Å². The molecule has 0 aromatic heterocycles. The highest BCUT2D eigenvalue weighted by Gasteiger charge is 2.49. The zero-order chi connectivity index (χ0) is 16.6. The van der Waals surface area contributed by atoms with E-state index in [1.165, 1.54) is 12.1 Å². The number of ether oxygens (including phenoxy) is 1. The number of rotatable bonds is 4. The standard InChI is InChI=1S/C16H17F2NO4/c17-12-3-1-2-9(13(12)18)10-8-11(10)14(20)19-16(15(21)22)4-6-23-7-5-16/h1-3,10-11H,4-8H2,(H,19,20)(H,21,22). The Hall–Kier alpha value is -2.02. The van der Waals surface area contributed by atoms with Gasteiger partial charge in [0, 0.05) is 32.0 Å². The molecule has 1 aromatic carbocycles. The Morgan fingerprint density at radius 3 is 2.61 bits per heavy atom. The Labute approximate surface area is 131 Å². The van der Waals surface area contributed by atoms with Crippen LogP contribution in [0.5, 0.6) is 0 Å². The second-order valence-corrected chi connectivity index (χ2v) is 6.08. The minimum Gasteiger partial charge on any atom is -0.480 e. The van der Waals surface area contributed by atoms with Crippen molar-refractivity contribution >= 4 is 11.9 Å². The molecule has 1 saturated heterocycles. The van der Waals surface area contributed by atoms with Gasteiger partial charge < -0.3 is 15.2 Å². The molecule has 23 heavy (non-hydrogen) atoms. The molecule has 1 aliphatic carbocycles. The van der Waals surface area contributed by atoms with Crippen LogP contribution in [-0.2, 0) is 14.3 Å². The van der Waals surface area contributed by atoms with Crippen molar-refractivity contribution in [2.24, 2.45) is 5.92 Å². The molecule has 1 heterocycles. The summed E-state index contributed by atoms with van der Waals surface area (Å²) in [6, 6.07) is 3.88. The first-order chi connectivity index (χ1) is 10.9. The zero-order valence-corrected chi connectivity index (χ0v) is 12.4. The highest BCUT2D eigenvalue weighted by atomic mass is 19.2. The van der Waals surface area contributed by atoms with Crippen LogP contribution in [-0.4, -0.2) is 35.7 Å². The maximum Gasteiger partial charge on any atom is 0.329 e. The maximum atomic E-state index is 13.8. The Morgan fingerprint density at radius 1 is 1.26 bits per heavy atom. The number of benzene rings is 1. The number of amides is 1. The summed E-state index contributed by atoms with van der Waals surface area (Å²) in [6.07, 6.45) is 0.776. The van der Waals surface area contributed by atoms with Crippen molar-refractivity contribution in [3.05, 3.63) is 35.4 Å². The van der Waals surface area contributed by atoms with Crippen molar-refractivity contribution in [2.75, 3.05) is 13.2 Å². The SMILES string of the molecule is O=C(NC1(C(=O)O)CCOCC1)C1CC1c1cccc(F)c1F. The predicted molar refractivity (Wildman–Crippen MR) is 75.8 cm³/mol. The highest BCUT2D eigenvalue weighted by molar-refractivity contribution is 5.90. The van der Waals surface area contributed by atoms with Crippen LogP contribution >= 0.6 is 0 Å². The monoisotopic (exact) mass is 325 g/mol. The van der Waals surface area contributed by atoms with E-state index in [1.54, 1.807) is 0 Å². The minimum absolute atomic E-state index is 0.168. The fourth-order valence-corrected chi connectivity index (χ4v) is 3.08. The molecule has 2 N–H and O–H groups in total. The van der Waals surface area contributed by atoms with Crippen LogP contribution in [0, 0.1) is 17.6 Å². The first-order valence-electron chi connectivity index (χ1n) is 7.52. The van der Waals surface area contributed by atoms with Gasteiger partial charge in [0.25, 0.3) is 0 Å². The number of aliphatic carboxylic acids is 1. The van der Waals surface area contributed by atoms with E-state index in [1.807, 2.05) is 0 Å². The molecular formula is C16H17F2NO4. The Kier molecular flexibility index (Phi) is 4.06. The molecule has 2 aliphatic rings. The third-order valence-corrected chi connectivity index (χ3v) is 4.63. The largest absolute Gasteiger partial charge is 0.480 e. The van der Waals surface area contributed by atoms with Gasteiger partial charge in [-0.2, -0.15) is 0 Å². The molecule has 124 valence electrons. The molecule has 1 amide bonds. The normalized spacial score (nSPS) is 25.7. The third kappa shape index (κ3) is 2.93. The number of nitrogens with one attached hydrogen (secondary N) is 1. The fourth-order valence-electron chi connectivity index (χ4n) is 3.08. The number of carboxylic acid groups (broad SMARTS) is 1. The van der Waals surface area contributed by atoms with Gasteiger partial charge in [0.2, 0.25) is 5.91 Å². The van der Waals surface area contributed by atoms with Crippen molar-refractivity contribution in [1.82, 2.24) is 5.32 Å². The summed E-state index contributed by atoms with van der Waals surface area (Å²) < 4.78 is 32.2. The summed E-state index contributed by atoms with van der Waals surface area (Å²) in [5.41, 5.74) is -1.16. The van der Waals surface area contributed by atoms with Crippen LogP contribution in [0.2, 0.25) is 0 Å². The van der Waals surface area contributed by atoms with Gasteiger partial charge in [0.05, 0.1) is 0 Å². The zero-order valence-electron chi connectivity index (χ0n) is 12.4. The fraction of sp³-hybridized carbons (Fsp3) is 0.500. The van der Waals surface area contributed by atoms with E-state index >= 15 is 0 Å². The number of hydrogen-bond acceptors (Lipinski definition) is 3. The quantitative estimate of drug-likeness (QED) is 0.885. The van der Waals surface area contributed by atoms with Crippen LogP contribution < -0.4 is 5.32 Å². The molecular weight excluding hydrogens is 308 g/mol. The highest BCUT2D eigenvalue weighted by Crippen LogP contribution is 2.49. The van der Waals surface area contributed by atoms with Gasteiger partial charge in [-0.1, -0.05) is 12.1 Å². The first kappa shape index (κ1) is 15.9. The van der Waals surface area contributed by atoms with Gasteiger partial charge >= 0.3 is 5.97 Å². The second-order valence-electron chi connectivity index (χ2n) is 6.08. The lowest BCUT2D eigenvalue weighted by atomic mass is 9.89. The number of carboxylic acids is 1. The van der Waals surface area contributed by atoms with Crippen LogP contribution in [0.15, 0.2) is 18.2 Å². The van der Waals surface area contributed by atoms with Crippen LogP contribution in [0.4, 0.5) is 8.78 Å².